The molecular weight excluding hydrogens is 284 g/mol. The van der Waals surface area contributed by atoms with Crippen LogP contribution in [0.25, 0.3) is 0 Å². The molecule has 0 bridgehead atoms. The number of carbonyl (C=O) groups is 1. The highest BCUT2D eigenvalue weighted by molar-refractivity contribution is 5.94. The minimum absolute atomic E-state index is 0.0270. The lowest BCUT2D eigenvalue weighted by Gasteiger charge is -2.46. The van der Waals surface area contributed by atoms with Crippen molar-refractivity contribution in [1.29, 1.82) is 0 Å². The third-order valence-corrected chi connectivity index (χ3v) is 4.71. The first-order valence-electron chi connectivity index (χ1n) is 7.76. The maximum absolute atomic E-state index is 12.6. The topological polar surface area (TPSA) is 71.9 Å². The van der Waals surface area contributed by atoms with E-state index in [4.69, 9.17) is 9.47 Å². The molecule has 6 nitrogen and oxygen atoms in total. The fraction of sp³-hybridized carbons (Fsp3) is 0.625. The molecule has 22 heavy (non-hydrogen) atoms. The van der Waals surface area contributed by atoms with E-state index in [9.17, 15) is 9.90 Å². The Labute approximate surface area is 130 Å². The Kier molecular flexibility index (Phi) is 4.31. The SMILES string of the molecule is COc1cc(C(=O)N2CCC3(CC2)OCCC[C@H]3O)ccn1. The van der Waals surface area contributed by atoms with E-state index >= 15 is 0 Å². The molecular formula is C16H22N2O4. The summed E-state index contributed by atoms with van der Waals surface area (Å²) >= 11 is 0. The number of hydrogen-bond donors (Lipinski definition) is 1. The molecule has 0 saturated carbocycles. The number of pyridine rings is 1. The molecule has 6 heteroatoms. The largest absolute Gasteiger partial charge is 0.481 e. The van der Waals surface area contributed by atoms with Gasteiger partial charge in [-0.15, -0.1) is 0 Å². The quantitative estimate of drug-likeness (QED) is 0.890. The molecule has 2 aliphatic rings. The Bertz CT molecular complexity index is 541. The van der Waals surface area contributed by atoms with Gasteiger partial charge in [-0.25, -0.2) is 4.98 Å². The maximum Gasteiger partial charge on any atom is 0.254 e. The van der Waals surface area contributed by atoms with Crippen LogP contribution in [0.5, 0.6) is 5.88 Å². The molecule has 0 radical (unpaired) electrons. The summed E-state index contributed by atoms with van der Waals surface area (Å²) in [6, 6.07) is 3.35. The lowest BCUT2D eigenvalue weighted by atomic mass is 9.82. The lowest BCUT2D eigenvalue weighted by Crippen LogP contribution is -2.56. The summed E-state index contributed by atoms with van der Waals surface area (Å²) in [5.74, 6) is 0.409. The van der Waals surface area contributed by atoms with Crippen molar-refractivity contribution in [1.82, 2.24) is 9.88 Å². The molecule has 1 N–H and O–H groups in total. The fourth-order valence-corrected chi connectivity index (χ4v) is 3.31. The van der Waals surface area contributed by atoms with E-state index in [0.717, 1.165) is 12.8 Å². The minimum Gasteiger partial charge on any atom is -0.481 e. The fourth-order valence-electron chi connectivity index (χ4n) is 3.31. The van der Waals surface area contributed by atoms with Crippen LogP contribution in [-0.4, -0.2) is 59.4 Å². The molecule has 2 saturated heterocycles. The van der Waals surface area contributed by atoms with Crippen LogP contribution in [0.4, 0.5) is 0 Å². The molecule has 0 aliphatic carbocycles. The highest BCUT2D eigenvalue weighted by Gasteiger charge is 2.44. The molecule has 2 fully saturated rings. The Balaban J connectivity index is 1.66. The van der Waals surface area contributed by atoms with Gasteiger partial charge in [-0.2, -0.15) is 0 Å². The standard InChI is InChI=1S/C16H22N2O4/c1-21-14-11-12(4-7-17-14)15(20)18-8-5-16(6-9-18)13(19)3-2-10-22-16/h4,7,11,13,19H,2-3,5-6,8-10H2,1H3/t13-/m1/s1. The zero-order chi connectivity index (χ0) is 15.6. The molecule has 3 heterocycles. The Morgan fingerprint density at radius 1 is 1.50 bits per heavy atom. The number of amides is 1. The molecule has 1 spiro atoms. The summed E-state index contributed by atoms with van der Waals surface area (Å²) in [5.41, 5.74) is 0.123. The number of hydrogen-bond acceptors (Lipinski definition) is 5. The van der Waals surface area contributed by atoms with Crippen molar-refractivity contribution in [3.8, 4) is 5.88 Å². The number of rotatable bonds is 2. The number of carbonyl (C=O) groups excluding carboxylic acids is 1. The highest BCUT2D eigenvalue weighted by atomic mass is 16.5. The Morgan fingerprint density at radius 3 is 2.95 bits per heavy atom. The predicted molar refractivity (Wildman–Crippen MR) is 79.9 cm³/mol. The van der Waals surface area contributed by atoms with Gasteiger partial charge in [0.2, 0.25) is 5.88 Å². The van der Waals surface area contributed by atoms with Crippen LogP contribution in [0.1, 0.15) is 36.0 Å². The van der Waals surface area contributed by atoms with Gasteiger partial charge in [-0.05, 0) is 31.7 Å². The van der Waals surface area contributed by atoms with Crippen LogP contribution in [-0.2, 0) is 4.74 Å². The average Bonchev–Trinajstić information content (AvgIpc) is 2.58. The van der Waals surface area contributed by atoms with Gasteiger partial charge < -0.3 is 19.5 Å². The summed E-state index contributed by atoms with van der Waals surface area (Å²) in [4.78, 5) is 18.4. The Morgan fingerprint density at radius 2 is 2.27 bits per heavy atom. The third-order valence-electron chi connectivity index (χ3n) is 4.71. The second-order valence-corrected chi connectivity index (χ2v) is 5.95. The van der Waals surface area contributed by atoms with Crippen molar-refractivity contribution in [2.24, 2.45) is 0 Å². The third kappa shape index (κ3) is 2.80. The van der Waals surface area contributed by atoms with E-state index in [2.05, 4.69) is 4.98 Å². The van der Waals surface area contributed by atoms with Gasteiger partial charge in [0.25, 0.3) is 5.91 Å². The van der Waals surface area contributed by atoms with Gasteiger partial charge in [-0.1, -0.05) is 0 Å². The monoisotopic (exact) mass is 306 g/mol. The van der Waals surface area contributed by atoms with E-state index in [1.54, 1.807) is 18.3 Å². The van der Waals surface area contributed by atoms with Crippen LogP contribution >= 0.6 is 0 Å². The first-order chi connectivity index (χ1) is 10.6. The first-order valence-corrected chi connectivity index (χ1v) is 7.76. The van der Waals surface area contributed by atoms with Crippen molar-refractivity contribution in [2.45, 2.75) is 37.4 Å². The van der Waals surface area contributed by atoms with Gasteiger partial charge >= 0.3 is 0 Å². The summed E-state index contributed by atoms with van der Waals surface area (Å²) in [5, 5.41) is 10.2. The van der Waals surface area contributed by atoms with Crippen LogP contribution in [0.15, 0.2) is 18.3 Å². The number of ether oxygens (including phenoxy) is 2. The summed E-state index contributed by atoms with van der Waals surface area (Å²) in [6.07, 6.45) is 4.22. The lowest BCUT2D eigenvalue weighted by molar-refractivity contribution is -0.174. The number of likely N-dealkylation sites (tertiary alicyclic amines) is 1. The van der Waals surface area contributed by atoms with Gasteiger partial charge in [0.05, 0.1) is 18.8 Å². The van der Waals surface area contributed by atoms with Crippen LogP contribution < -0.4 is 4.74 Å². The van der Waals surface area contributed by atoms with E-state index in [1.165, 1.54) is 7.11 Å². The van der Waals surface area contributed by atoms with E-state index in [-0.39, 0.29) is 5.91 Å². The number of aliphatic hydroxyl groups is 1. The number of aliphatic hydroxyl groups excluding tert-OH is 1. The van der Waals surface area contributed by atoms with Crippen molar-refractivity contribution in [3.63, 3.8) is 0 Å². The van der Waals surface area contributed by atoms with E-state index < -0.39 is 11.7 Å². The number of aromatic nitrogens is 1. The second-order valence-electron chi connectivity index (χ2n) is 5.95. The number of piperidine rings is 1. The van der Waals surface area contributed by atoms with Gasteiger partial charge in [0.15, 0.2) is 0 Å². The zero-order valence-corrected chi connectivity index (χ0v) is 12.8. The molecule has 1 amide bonds. The average molecular weight is 306 g/mol. The summed E-state index contributed by atoms with van der Waals surface area (Å²) in [6.45, 7) is 1.90. The molecule has 1 atom stereocenters. The van der Waals surface area contributed by atoms with Gasteiger partial charge in [0, 0.05) is 37.5 Å². The van der Waals surface area contributed by atoms with Gasteiger partial charge in [0.1, 0.15) is 0 Å². The maximum atomic E-state index is 12.6. The predicted octanol–water partition coefficient (Wildman–Crippen LogP) is 1.24. The molecule has 3 rings (SSSR count). The number of methoxy groups -OCH3 is 1. The number of nitrogens with zero attached hydrogens (tertiary/aromatic N) is 2. The van der Waals surface area contributed by atoms with E-state index in [0.29, 0.717) is 44.0 Å². The zero-order valence-electron chi connectivity index (χ0n) is 12.8. The highest BCUT2D eigenvalue weighted by Crippen LogP contribution is 2.35. The smallest absolute Gasteiger partial charge is 0.254 e. The Hall–Kier alpha value is -1.66. The molecule has 2 aliphatic heterocycles. The molecule has 120 valence electrons. The molecule has 0 unspecified atom stereocenters. The van der Waals surface area contributed by atoms with Crippen LogP contribution in [0.3, 0.4) is 0 Å². The molecule has 0 aromatic carbocycles. The second kappa shape index (κ2) is 6.22. The minimum atomic E-state index is -0.453. The van der Waals surface area contributed by atoms with Crippen molar-refractivity contribution < 1.29 is 19.4 Å². The van der Waals surface area contributed by atoms with Crippen molar-refractivity contribution in [3.05, 3.63) is 23.9 Å². The van der Waals surface area contributed by atoms with Crippen molar-refractivity contribution in [2.75, 3.05) is 26.8 Å². The van der Waals surface area contributed by atoms with Gasteiger partial charge in [-0.3, -0.25) is 4.79 Å². The van der Waals surface area contributed by atoms with Crippen LogP contribution in [0, 0.1) is 0 Å². The van der Waals surface area contributed by atoms with Crippen LogP contribution in [0.2, 0.25) is 0 Å². The molecule has 1 aromatic heterocycles. The normalized spacial score (nSPS) is 24.3. The van der Waals surface area contributed by atoms with Crippen molar-refractivity contribution >= 4 is 5.91 Å². The first kappa shape index (κ1) is 15.2. The van der Waals surface area contributed by atoms with E-state index in [1.807, 2.05) is 4.90 Å². The summed E-state index contributed by atoms with van der Waals surface area (Å²) in [7, 11) is 1.53. The summed E-state index contributed by atoms with van der Waals surface area (Å²) < 4.78 is 10.9. The molecule has 1 aromatic rings.